The maximum absolute atomic E-state index is 14.9. The van der Waals surface area contributed by atoms with Gasteiger partial charge in [0, 0.05) is 18.7 Å². The highest BCUT2D eigenvalue weighted by Gasteiger charge is 2.54. The zero-order chi connectivity index (χ0) is 33.6. The average Bonchev–Trinajstić information content (AvgIpc) is 3.03. The van der Waals surface area contributed by atoms with Crippen LogP contribution < -0.4 is 10.1 Å². The third-order valence-corrected chi connectivity index (χ3v) is 7.67. The Morgan fingerprint density at radius 1 is 0.913 bits per heavy atom. The molecule has 0 spiro atoms. The van der Waals surface area contributed by atoms with E-state index in [0.29, 0.717) is 22.4 Å². The maximum Gasteiger partial charge on any atom is 0.362 e. The van der Waals surface area contributed by atoms with Crippen LogP contribution in [0.5, 0.6) is 5.75 Å². The van der Waals surface area contributed by atoms with E-state index in [9.17, 15) is 24.3 Å². The van der Waals surface area contributed by atoms with Crippen molar-refractivity contribution in [1.82, 2.24) is 15.1 Å². The van der Waals surface area contributed by atoms with E-state index < -0.39 is 47.6 Å². The Hall–Kier alpha value is -4.96. The molecule has 242 valence electrons. The van der Waals surface area contributed by atoms with Gasteiger partial charge >= 0.3 is 5.97 Å². The Kier molecular flexibility index (Phi) is 10.6. The van der Waals surface area contributed by atoms with E-state index in [-0.39, 0.29) is 18.0 Å². The molecule has 10 heteroatoms. The normalized spacial score (nSPS) is 16.8. The molecule has 0 saturated heterocycles. The minimum Gasteiger partial charge on any atom is -0.497 e. The Balaban J connectivity index is 1.99. The van der Waals surface area contributed by atoms with Gasteiger partial charge in [0.1, 0.15) is 17.8 Å². The van der Waals surface area contributed by atoms with Crippen LogP contribution >= 0.6 is 0 Å². The van der Waals surface area contributed by atoms with Gasteiger partial charge in [-0.15, -0.1) is 0 Å². The summed E-state index contributed by atoms with van der Waals surface area (Å²) < 4.78 is 10.7. The van der Waals surface area contributed by atoms with Crippen molar-refractivity contribution in [2.24, 2.45) is 5.92 Å². The lowest BCUT2D eigenvalue weighted by Crippen LogP contribution is -2.70. The van der Waals surface area contributed by atoms with Crippen molar-refractivity contribution in [3.05, 3.63) is 108 Å². The number of hydrogen-bond acceptors (Lipinski definition) is 7. The molecule has 1 aliphatic heterocycles. The molecule has 0 aliphatic carbocycles. The van der Waals surface area contributed by atoms with Crippen LogP contribution in [-0.4, -0.2) is 69.6 Å². The van der Waals surface area contributed by atoms with Crippen molar-refractivity contribution < 1.29 is 33.8 Å². The molecular formula is C36H41N3O7. The topological polar surface area (TPSA) is 125 Å². The minimum absolute atomic E-state index is 0.0437. The van der Waals surface area contributed by atoms with Crippen LogP contribution in [0.25, 0.3) is 5.70 Å². The van der Waals surface area contributed by atoms with E-state index in [4.69, 9.17) is 9.47 Å². The summed E-state index contributed by atoms with van der Waals surface area (Å²) in [5.74, 6) is -2.59. The molecule has 3 aromatic carbocycles. The number of hydrogen-bond donors (Lipinski definition) is 2. The fourth-order valence-electron chi connectivity index (χ4n) is 5.58. The lowest BCUT2D eigenvalue weighted by Gasteiger charge is -2.48. The van der Waals surface area contributed by atoms with Crippen LogP contribution in [0.3, 0.4) is 0 Å². The summed E-state index contributed by atoms with van der Waals surface area (Å²) in [6.45, 7) is 8.05. The van der Waals surface area contributed by atoms with Crippen LogP contribution in [0.2, 0.25) is 0 Å². The Labute approximate surface area is 269 Å². The summed E-state index contributed by atoms with van der Waals surface area (Å²) in [7, 11) is 1.53. The first kappa shape index (κ1) is 33.9. The molecule has 46 heavy (non-hydrogen) atoms. The largest absolute Gasteiger partial charge is 0.497 e. The molecule has 0 radical (unpaired) electrons. The SMILES string of the molecule is COc1ccc(C(=O)N2C=C(c3ccccc3)N([C@@H](Cc3ccccc3)C(O)(NC(C)=O)C(=O)OC(C)C)C(=O)C2C(C)C)cc1. The van der Waals surface area contributed by atoms with Gasteiger partial charge in [0.2, 0.25) is 5.91 Å². The lowest BCUT2D eigenvalue weighted by molar-refractivity contribution is -0.184. The van der Waals surface area contributed by atoms with Gasteiger partial charge in [-0.1, -0.05) is 74.5 Å². The molecular weight excluding hydrogens is 586 g/mol. The molecule has 10 nitrogen and oxygen atoms in total. The number of carbonyl (C=O) groups is 4. The van der Waals surface area contributed by atoms with Gasteiger partial charge in [-0.3, -0.25) is 19.3 Å². The quantitative estimate of drug-likeness (QED) is 0.239. The summed E-state index contributed by atoms with van der Waals surface area (Å²) in [5, 5.41) is 14.7. The zero-order valence-electron chi connectivity index (χ0n) is 27.0. The molecule has 1 aliphatic rings. The fourth-order valence-corrected chi connectivity index (χ4v) is 5.58. The van der Waals surface area contributed by atoms with E-state index >= 15 is 0 Å². The van der Waals surface area contributed by atoms with E-state index in [1.165, 1.54) is 23.8 Å². The fraction of sp³-hybridized carbons (Fsp3) is 0.333. The van der Waals surface area contributed by atoms with Gasteiger partial charge < -0.3 is 24.8 Å². The summed E-state index contributed by atoms with van der Waals surface area (Å²) in [4.78, 5) is 58.0. The second kappa shape index (κ2) is 14.4. The van der Waals surface area contributed by atoms with Gasteiger partial charge in [0.15, 0.2) is 0 Å². The minimum atomic E-state index is -2.67. The van der Waals surface area contributed by atoms with Gasteiger partial charge in [0.25, 0.3) is 17.5 Å². The number of amides is 3. The molecule has 0 fully saturated rings. The van der Waals surface area contributed by atoms with E-state index in [0.717, 1.165) is 0 Å². The summed E-state index contributed by atoms with van der Waals surface area (Å²) in [6, 6.07) is 22.1. The predicted molar refractivity (Wildman–Crippen MR) is 173 cm³/mol. The van der Waals surface area contributed by atoms with Crippen molar-refractivity contribution in [3.8, 4) is 5.75 Å². The molecule has 0 saturated carbocycles. The second-order valence-corrected chi connectivity index (χ2v) is 11.8. The van der Waals surface area contributed by atoms with E-state index in [2.05, 4.69) is 5.32 Å². The van der Waals surface area contributed by atoms with Crippen molar-refractivity contribution in [1.29, 1.82) is 0 Å². The molecule has 2 N–H and O–H groups in total. The van der Waals surface area contributed by atoms with Gasteiger partial charge in [0.05, 0.1) is 18.9 Å². The molecule has 0 bridgehead atoms. The molecule has 4 rings (SSSR count). The molecule has 2 unspecified atom stereocenters. The Bertz CT molecular complexity index is 1570. The number of rotatable bonds is 11. The lowest BCUT2D eigenvalue weighted by atomic mass is 9.89. The molecule has 0 aromatic heterocycles. The van der Waals surface area contributed by atoms with Crippen LogP contribution in [0.1, 0.15) is 56.1 Å². The third-order valence-electron chi connectivity index (χ3n) is 7.67. The monoisotopic (exact) mass is 627 g/mol. The highest BCUT2D eigenvalue weighted by atomic mass is 16.6. The van der Waals surface area contributed by atoms with Crippen LogP contribution in [0, 0.1) is 5.92 Å². The van der Waals surface area contributed by atoms with E-state index in [1.54, 1.807) is 92.8 Å². The van der Waals surface area contributed by atoms with Crippen LogP contribution in [0.4, 0.5) is 0 Å². The number of esters is 1. The first-order chi connectivity index (χ1) is 21.9. The van der Waals surface area contributed by atoms with Crippen LogP contribution in [-0.2, 0) is 25.5 Å². The third kappa shape index (κ3) is 7.29. The Morgan fingerprint density at radius 2 is 1.50 bits per heavy atom. The number of nitrogens with one attached hydrogen (secondary N) is 1. The number of methoxy groups -OCH3 is 1. The Morgan fingerprint density at radius 3 is 2.02 bits per heavy atom. The highest BCUT2D eigenvalue weighted by Crippen LogP contribution is 2.36. The van der Waals surface area contributed by atoms with Gasteiger partial charge in [-0.05, 0) is 61.6 Å². The maximum atomic E-state index is 14.9. The number of aliphatic hydroxyl groups is 1. The first-order valence-corrected chi connectivity index (χ1v) is 15.2. The second-order valence-electron chi connectivity index (χ2n) is 11.8. The van der Waals surface area contributed by atoms with Crippen molar-refractivity contribution in [3.63, 3.8) is 0 Å². The molecule has 3 atom stereocenters. The summed E-state index contributed by atoms with van der Waals surface area (Å²) in [5.41, 5.74) is -0.837. The van der Waals surface area contributed by atoms with Crippen molar-refractivity contribution in [2.45, 2.75) is 65.0 Å². The number of benzene rings is 3. The van der Waals surface area contributed by atoms with Gasteiger partial charge in [-0.2, -0.15) is 0 Å². The summed E-state index contributed by atoms with van der Waals surface area (Å²) >= 11 is 0. The first-order valence-electron chi connectivity index (χ1n) is 15.2. The van der Waals surface area contributed by atoms with Crippen LogP contribution in [0.15, 0.2) is 91.1 Å². The predicted octanol–water partition coefficient (Wildman–Crippen LogP) is 4.39. The molecule has 3 aromatic rings. The number of ether oxygens (including phenoxy) is 2. The average molecular weight is 628 g/mol. The summed E-state index contributed by atoms with van der Waals surface area (Å²) in [6.07, 6.45) is 0.902. The number of carbonyl (C=O) groups excluding carboxylic acids is 4. The van der Waals surface area contributed by atoms with Gasteiger partial charge in [-0.25, -0.2) is 4.79 Å². The van der Waals surface area contributed by atoms with Crippen molar-refractivity contribution >= 4 is 29.4 Å². The van der Waals surface area contributed by atoms with E-state index in [1.807, 2.05) is 26.0 Å². The molecule has 1 heterocycles. The smallest absolute Gasteiger partial charge is 0.362 e. The number of nitrogens with zero attached hydrogens (tertiary/aromatic N) is 2. The highest BCUT2D eigenvalue weighted by molar-refractivity contribution is 6.03. The van der Waals surface area contributed by atoms with Crippen molar-refractivity contribution in [2.75, 3.05) is 7.11 Å². The zero-order valence-corrected chi connectivity index (χ0v) is 27.0. The molecule has 3 amide bonds. The standard InChI is InChI=1S/C36H41N3O7/c1-23(2)32-34(42)39(31(21-26-13-9-7-10-14-26)36(44,37-25(5)40)35(43)46-24(3)4)30(27-15-11-8-12-16-27)22-38(32)33(41)28-17-19-29(45-6)20-18-28/h7-20,22-24,31-32,44H,21H2,1-6H3,(H,37,40)/t31-,32?,36?/m0/s1.